The molecule has 3 N–H and O–H groups in total. The fourth-order valence-corrected chi connectivity index (χ4v) is 9.34. The number of hydrogen-bond acceptors (Lipinski definition) is 3. The summed E-state index contributed by atoms with van der Waals surface area (Å²) >= 11 is 0. The Bertz CT molecular complexity index is 3280. The van der Waals surface area contributed by atoms with Crippen LogP contribution in [0.2, 0.25) is 0 Å². The molecule has 2 aliphatic rings. The lowest BCUT2D eigenvalue weighted by Crippen LogP contribution is -2.16. The molecule has 3 aromatic carbocycles. The van der Waals surface area contributed by atoms with Gasteiger partial charge in [0, 0.05) is 50.4 Å². The molecule has 0 amide bonds. The van der Waals surface area contributed by atoms with Crippen molar-refractivity contribution in [1.29, 1.82) is 0 Å². The molecule has 6 heteroatoms. The number of carboxylic acid groups (broad SMARTS) is 1. The van der Waals surface area contributed by atoms with Crippen LogP contribution in [-0.4, -0.2) is 31.0 Å². The average molecular weight is 945 g/mol. The molecule has 3 aromatic heterocycles. The van der Waals surface area contributed by atoms with Crippen LogP contribution in [0.25, 0.3) is 79.2 Å². The third-order valence-electron chi connectivity index (χ3n) is 14.0. The molecule has 6 aromatic rings. The van der Waals surface area contributed by atoms with Crippen LogP contribution in [-0.2, 0) is 37.3 Å². The second-order valence-electron chi connectivity index (χ2n) is 26.1. The highest BCUT2D eigenvalue weighted by atomic mass is 16.4. The van der Waals surface area contributed by atoms with Crippen molar-refractivity contribution >= 4 is 51.8 Å². The number of fused-ring (bicyclic) bond motifs is 8. The summed E-state index contributed by atoms with van der Waals surface area (Å²) in [5.74, 6) is -1.02. The van der Waals surface area contributed by atoms with Gasteiger partial charge in [-0.15, -0.1) is 0 Å². The standard InChI is InChI=1S/C65H76N4O2/c1-60(2,3)42-27-39(28-43(34-42)61(4,5)6)57-49-21-20-48(66-49)37-54-38(19-26-56(70)71)33-55(69-54)59(41-31-46(64(13,14)15)36-47(32-41)65(16,17)18)53-25-24-52(68-53)58(51-23-22-50(57)67-51)40-29-44(62(7,8)9)35-45(30-40)63(10,11)12/h19-37,66,68H,1-18H3,(H,70,71)/b26-19+,48-37?,54-37?,57-49?,57-50?,58-51?,58-52?,59-53?,59-55?. The zero-order chi connectivity index (χ0) is 52.0. The summed E-state index contributed by atoms with van der Waals surface area (Å²) < 4.78 is 0. The predicted molar refractivity (Wildman–Crippen MR) is 303 cm³/mol. The molecule has 8 rings (SSSR count). The van der Waals surface area contributed by atoms with E-state index in [-0.39, 0.29) is 32.5 Å². The molecule has 0 radical (unpaired) electrons. The number of nitrogens with zero attached hydrogens (tertiary/aromatic N) is 2. The number of aromatic nitrogens is 4. The first-order valence-corrected chi connectivity index (χ1v) is 25.3. The fraction of sp³-hybridized carbons (Fsp3) is 0.369. The van der Waals surface area contributed by atoms with Gasteiger partial charge < -0.3 is 15.1 Å². The number of nitrogens with one attached hydrogen (secondary N) is 2. The van der Waals surface area contributed by atoms with Crippen molar-refractivity contribution in [1.82, 2.24) is 19.9 Å². The van der Waals surface area contributed by atoms with Crippen molar-refractivity contribution in [3.05, 3.63) is 153 Å². The number of hydrogen-bond donors (Lipinski definition) is 3. The van der Waals surface area contributed by atoms with Gasteiger partial charge in [-0.05, 0) is 137 Å². The first-order chi connectivity index (χ1) is 32.7. The average Bonchev–Trinajstić information content (AvgIpc) is 4.08. The smallest absolute Gasteiger partial charge is 0.328 e. The second-order valence-corrected chi connectivity index (χ2v) is 26.1. The van der Waals surface area contributed by atoms with Gasteiger partial charge in [0.25, 0.3) is 0 Å². The maximum Gasteiger partial charge on any atom is 0.328 e. The van der Waals surface area contributed by atoms with Gasteiger partial charge in [-0.3, -0.25) is 0 Å². The van der Waals surface area contributed by atoms with E-state index in [1.54, 1.807) is 6.08 Å². The molecule has 0 saturated heterocycles. The molecule has 71 heavy (non-hydrogen) atoms. The first kappa shape index (κ1) is 50.8. The first-order valence-electron chi connectivity index (χ1n) is 25.3. The van der Waals surface area contributed by atoms with E-state index in [4.69, 9.17) is 9.97 Å². The van der Waals surface area contributed by atoms with Gasteiger partial charge in [-0.25, -0.2) is 14.8 Å². The van der Waals surface area contributed by atoms with Gasteiger partial charge >= 0.3 is 5.97 Å². The number of carboxylic acids is 1. The van der Waals surface area contributed by atoms with Gasteiger partial charge in [0.2, 0.25) is 0 Å². The summed E-state index contributed by atoms with van der Waals surface area (Å²) in [6, 6.07) is 31.7. The number of H-pyrrole nitrogens is 2. The van der Waals surface area contributed by atoms with Crippen molar-refractivity contribution in [2.24, 2.45) is 0 Å². The van der Waals surface area contributed by atoms with E-state index in [0.29, 0.717) is 11.3 Å². The highest BCUT2D eigenvalue weighted by Gasteiger charge is 2.27. The van der Waals surface area contributed by atoms with Crippen molar-refractivity contribution in [2.75, 3.05) is 0 Å². The van der Waals surface area contributed by atoms with Crippen LogP contribution in [0.4, 0.5) is 0 Å². The third-order valence-corrected chi connectivity index (χ3v) is 14.0. The number of aliphatic carboxylic acids is 1. The largest absolute Gasteiger partial charge is 0.478 e. The molecule has 0 spiro atoms. The minimum Gasteiger partial charge on any atom is -0.478 e. The van der Waals surface area contributed by atoms with E-state index in [9.17, 15) is 9.90 Å². The molecule has 0 unspecified atom stereocenters. The van der Waals surface area contributed by atoms with Crippen LogP contribution < -0.4 is 0 Å². The van der Waals surface area contributed by atoms with E-state index in [1.807, 2.05) is 12.1 Å². The van der Waals surface area contributed by atoms with Gasteiger partial charge in [-0.1, -0.05) is 179 Å². The summed E-state index contributed by atoms with van der Waals surface area (Å²) in [5, 5.41) is 9.95. The molecule has 0 atom stereocenters. The molecule has 6 nitrogen and oxygen atoms in total. The number of rotatable bonds is 5. The Morgan fingerprint density at radius 2 is 0.775 bits per heavy atom. The minimum absolute atomic E-state index is 0.109. The molecule has 8 bridgehead atoms. The summed E-state index contributed by atoms with van der Waals surface area (Å²) in [7, 11) is 0. The van der Waals surface area contributed by atoms with Crippen LogP contribution in [0.3, 0.4) is 0 Å². The van der Waals surface area contributed by atoms with E-state index < -0.39 is 5.97 Å². The van der Waals surface area contributed by atoms with Crippen molar-refractivity contribution in [3.63, 3.8) is 0 Å². The van der Waals surface area contributed by atoms with Crippen molar-refractivity contribution in [3.8, 4) is 33.4 Å². The van der Waals surface area contributed by atoms with Crippen LogP contribution >= 0.6 is 0 Å². The maximum atomic E-state index is 12.2. The lowest BCUT2D eigenvalue weighted by atomic mass is 9.78. The number of benzene rings is 3. The highest BCUT2D eigenvalue weighted by molar-refractivity contribution is 6.01. The van der Waals surface area contributed by atoms with Gasteiger partial charge in [0.15, 0.2) is 0 Å². The van der Waals surface area contributed by atoms with Crippen molar-refractivity contribution < 1.29 is 9.90 Å². The van der Waals surface area contributed by atoms with Crippen LogP contribution in [0, 0.1) is 0 Å². The molecular weight excluding hydrogens is 869 g/mol. The van der Waals surface area contributed by atoms with Crippen LogP contribution in [0.1, 0.15) is 181 Å². The minimum atomic E-state index is -1.02. The molecule has 5 heterocycles. The highest BCUT2D eigenvalue weighted by Crippen LogP contribution is 2.43. The Balaban J connectivity index is 1.62. The summed E-state index contributed by atoms with van der Waals surface area (Å²) in [6.45, 7) is 40.9. The SMILES string of the molecule is CC(C)(C)c1cc(-c2c3nc(c(-c4cc(C(C)(C)C)cc(C(C)(C)C)c4)c4ccc([nH]4)c(-c4cc(C(C)(C)C)cc(C(C)(C)C)c4)c4nc(cc5ccc2[nH]5)C(/C=C/C(=O)O)=C4)C=C3)cc(C(C)(C)C)c1. The summed E-state index contributed by atoms with van der Waals surface area (Å²) in [6.07, 6.45) is 9.26. The molecule has 2 aliphatic heterocycles. The number of carbonyl (C=O) groups is 1. The zero-order valence-corrected chi connectivity index (χ0v) is 45.7. The number of aromatic amines is 2. The van der Waals surface area contributed by atoms with Gasteiger partial charge in [-0.2, -0.15) is 0 Å². The predicted octanol–water partition coefficient (Wildman–Crippen LogP) is 17.5. The van der Waals surface area contributed by atoms with Crippen LogP contribution in [0.15, 0.2) is 97.1 Å². The summed E-state index contributed by atoms with van der Waals surface area (Å²) in [4.78, 5) is 31.1. The van der Waals surface area contributed by atoms with Gasteiger partial charge in [0.1, 0.15) is 0 Å². The van der Waals surface area contributed by atoms with E-state index >= 15 is 0 Å². The van der Waals surface area contributed by atoms with E-state index in [1.165, 1.54) is 39.5 Å². The molecule has 368 valence electrons. The second kappa shape index (κ2) is 17.6. The Morgan fingerprint density at radius 1 is 0.437 bits per heavy atom. The Hall–Kier alpha value is -6.53. The lowest BCUT2D eigenvalue weighted by molar-refractivity contribution is -0.131. The maximum absolute atomic E-state index is 12.2. The summed E-state index contributed by atoms with van der Waals surface area (Å²) in [5.41, 5.74) is 20.3. The van der Waals surface area contributed by atoms with E-state index in [2.05, 4.69) is 226 Å². The van der Waals surface area contributed by atoms with Crippen LogP contribution in [0.5, 0.6) is 0 Å². The topological polar surface area (TPSA) is 94.7 Å². The van der Waals surface area contributed by atoms with E-state index in [0.717, 1.165) is 72.5 Å². The van der Waals surface area contributed by atoms with Crippen molar-refractivity contribution in [2.45, 2.75) is 157 Å². The Kier molecular flexibility index (Phi) is 12.6. The molecule has 0 fully saturated rings. The zero-order valence-electron chi connectivity index (χ0n) is 45.7. The molecule has 0 saturated carbocycles. The monoisotopic (exact) mass is 945 g/mol. The molecular formula is C65H76N4O2. The fourth-order valence-electron chi connectivity index (χ4n) is 9.34. The normalized spacial score (nSPS) is 13.9. The Morgan fingerprint density at radius 3 is 1.13 bits per heavy atom. The quantitative estimate of drug-likeness (QED) is 0.150. The molecule has 0 aliphatic carbocycles. The lowest BCUT2D eigenvalue weighted by Gasteiger charge is -2.26. The number of allylic oxidation sites excluding steroid dienone is 2. The van der Waals surface area contributed by atoms with Gasteiger partial charge in [0.05, 0.1) is 22.8 Å². The Labute approximate surface area is 423 Å². The third kappa shape index (κ3) is 10.7.